The van der Waals surface area contributed by atoms with Gasteiger partial charge in [0.25, 0.3) is 0 Å². The summed E-state index contributed by atoms with van der Waals surface area (Å²) < 4.78 is 12.7. The van der Waals surface area contributed by atoms with Crippen molar-refractivity contribution in [2.24, 2.45) is 0 Å². The number of hydrogen-bond acceptors (Lipinski definition) is 2. The normalized spacial score (nSPS) is 9.27. The average Bonchev–Trinajstić information content (AvgIpc) is 1.99. The molecule has 1 heterocycles. The summed E-state index contributed by atoms with van der Waals surface area (Å²) in [6, 6.07) is 3.12. The first kappa shape index (κ1) is 7.96. The van der Waals surface area contributed by atoms with Crippen LogP contribution in [0, 0.1) is 24.1 Å². The fourth-order valence-electron chi connectivity index (χ4n) is 0.676. The first-order chi connectivity index (χ1) is 5.15. The molecule has 1 aromatic heterocycles. The van der Waals surface area contributed by atoms with E-state index in [1.807, 2.05) is 0 Å². The molecule has 0 aliphatic heterocycles. The Hall–Kier alpha value is -1.14. The lowest BCUT2D eigenvalue weighted by molar-refractivity contribution is 0.612. The largest absolute Gasteiger partial charge is 0.222 e. The van der Waals surface area contributed by atoms with Crippen molar-refractivity contribution in [1.82, 2.24) is 4.98 Å². The van der Waals surface area contributed by atoms with Gasteiger partial charge in [-0.05, 0) is 18.6 Å². The van der Waals surface area contributed by atoms with E-state index >= 15 is 0 Å². The summed E-state index contributed by atoms with van der Waals surface area (Å²) in [5.41, 5.74) is 0.468. The molecule has 0 radical (unpaired) electrons. The minimum atomic E-state index is -0.564. The van der Waals surface area contributed by atoms with Crippen molar-refractivity contribution in [1.29, 1.82) is 5.26 Å². The molecule has 0 N–H and O–H groups in total. The Balaban J connectivity index is 3.35. The predicted molar refractivity (Wildman–Crippen MR) is 38.7 cm³/mol. The fourth-order valence-corrected chi connectivity index (χ4v) is 0.916. The molecule has 0 spiro atoms. The smallest absolute Gasteiger partial charge is 0.166 e. The lowest BCUT2D eigenvalue weighted by atomic mass is 10.2. The molecular formula is C7H4ClFN2. The van der Waals surface area contributed by atoms with Gasteiger partial charge in [-0.25, -0.2) is 9.37 Å². The second kappa shape index (κ2) is 2.85. The maximum absolute atomic E-state index is 12.7. The van der Waals surface area contributed by atoms with Gasteiger partial charge in [0.2, 0.25) is 0 Å². The summed E-state index contributed by atoms with van der Waals surface area (Å²) >= 11 is 5.36. The summed E-state index contributed by atoms with van der Waals surface area (Å²) in [7, 11) is 0. The molecule has 0 fully saturated rings. The quantitative estimate of drug-likeness (QED) is 0.559. The standard InChI is InChI=1S/C7H4ClFN2/c1-4-2-5(3-10)11-7(8)6(4)9/h2H,1H3. The molecule has 1 aromatic rings. The first-order valence-corrected chi connectivity index (χ1v) is 3.25. The fraction of sp³-hybridized carbons (Fsp3) is 0.143. The van der Waals surface area contributed by atoms with Crippen LogP contribution in [0.2, 0.25) is 5.15 Å². The van der Waals surface area contributed by atoms with Crippen LogP contribution in [0.1, 0.15) is 11.3 Å². The van der Waals surface area contributed by atoms with Gasteiger partial charge >= 0.3 is 0 Å². The molecule has 0 bridgehead atoms. The van der Waals surface area contributed by atoms with Crippen LogP contribution in [0.4, 0.5) is 4.39 Å². The summed E-state index contributed by atoms with van der Waals surface area (Å²) in [6.07, 6.45) is 0. The monoisotopic (exact) mass is 170 g/mol. The molecule has 0 aliphatic rings. The Morgan fingerprint density at radius 1 is 1.73 bits per heavy atom. The van der Waals surface area contributed by atoms with Gasteiger partial charge in [-0.1, -0.05) is 11.6 Å². The molecule has 0 unspecified atom stereocenters. The van der Waals surface area contributed by atoms with Crippen molar-refractivity contribution < 1.29 is 4.39 Å². The van der Waals surface area contributed by atoms with E-state index in [2.05, 4.69) is 4.98 Å². The molecule has 11 heavy (non-hydrogen) atoms. The molecule has 0 atom stereocenters. The van der Waals surface area contributed by atoms with E-state index in [1.54, 1.807) is 6.07 Å². The van der Waals surface area contributed by atoms with Crippen LogP contribution >= 0.6 is 11.6 Å². The maximum atomic E-state index is 12.7. The summed E-state index contributed by atoms with van der Waals surface area (Å²) in [5.74, 6) is -0.564. The molecule has 2 nitrogen and oxygen atoms in total. The number of nitriles is 1. The van der Waals surface area contributed by atoms with E-state index in [-0.39, 0.29) is 10.8 Å². The lowest BCUT2D eigenvalue weighted by Crippen LogP contribution is -1.91. The number of aryl methyl sites for hydroxylation is 1. The Morgan fingerprint density at radius 2 is 2.36 bits per heavy atom. The maximum Gasteiger partial charge on any atom is 0.166 e. The van der Waals surface area contributed by atoms with Crippen molar-refractivity contribution in [3.63, 3.8) is 0 Å². The van der Waals surface area contributed by atoms with Gasteiger partial charge < -0.3 is 0 Å². The third kappa shape index (κ3) is 1.47. The summed E-state index contributed by atoms with van der Waals surface area (Å²) in [5, 5.41) is 8.14. The van der Waals surface area contributed by atoms with Crippen LogP contribution < -0.4 is 0 Å². The number of rotatable bonds is 0. The SMILES string of the molecule is Cc1cc(C#N)nc(Cl)c1F. The van der Waals surface area contributed by atoms with Crippen LogP contribution in [-0.4, -0.2) is 4.98 Å². The van der Waals surface area contributed by atoms with Crippen LogP contribution in [0.3, 0.4) is 0 Å². The number of aromatic nitrogens is 1. The Kier molecular flexibility index (Phi) is 2.06. The van der Waals surface area contributed by atoms with Crippen molar-refractivity contribution in [2.75, 3.05) is 0 Å². The van der Waals surface area contributed by atoms with Crippen LogP contribution in [0.25, 0.3) is 0 Å². The number of pyridine rings is 1. The van der Waals surface area contributed by atoms with E-state index in [4.69, 9.17) is 16.9 Å². The highest BCUT2D eigenvalue weighted by molar-refractivity contribution is 6.29. The second-order valence-corrected chi connectivity index (χ2v) is 2.40. The zero-order valence-electron chi connectivity index (χ0n) is 5.73. The van der Waals surface area contributed by atoms with E-state index in [0.717, 1.165) is 0 Å². The second-order valence-electron chi connectivity index (χ2n) is 2.04. The van der Waals surface area contributed by atoms with E-state index in [0.29, 0.717) is 5.56 Å². The lowest BCUT2D eigenvalue weighted by Gasteiger charge is -1.97. The Bertz CT molecular complexity index is 307. The molecule has 56 valence electrons. The third-order valence-corrected chi connectivity index (χ3v) is 1.46. The molecule has 0 aromatic carbocycles. The van der Waals surface area contributed by atoms with Crippen LogP contribution in [0.15, 0.2) is 6.07 Å². The Labute approximate surface area is 68.2 Å². The van der Waals surface area contributed by atoms with E-state index in [9.17, 15) is 4.39 Å². The number of nitrogens with zero attached hydrogens (tertiary/aromatic N) is 2. The van der Waals surface area contributed by atoms with E-state index < -0.39 is 5.82 Å². The van der Waals surface area contributed by atoms with Crippen molar-refractivity contribution >= 4 is 11.6 Å². The minimum absolute atomic E-state index is 0.133. The highest BCUT2D eigenvalue weighted by Crippen LogP contribution is 2.15. The van der Waals surface area contributed by atoms with Crippen molar-refractivity contribution in [2.45, 2.75) is 6.92 Å². The van der Waals surface area contributed by atoms with Gasteiger partial charge in [0.15, 0.2) is 11.0 Å². The zero-order chi connectivity index (χ0) is 8.43. The molecule has 0 saturated heterocycles. The number of hydrogen-bond donors (Lipinski definition) is 0. The van der Waals surface area contributed by atoms with Crippen molar-refractivity contribution in [3.05, 3.63) is 28.3 Å². The summed E-state index contributed by atoms with van der Waals surface area (Å²) in [6.45, 7) is 1.53. The predicted octanol–water partition coefficient (Wildman–Crippen LogP) is 2.05. The van der Waals surface area contributed by atoms with Crippen LogP contribution in [-0.2, 0) is 0 Å². The van der Waals surface area contributed by atoms with Gasteiger partial charge in [0.1, 0.15) is 11.8 Å². The third-order valence-electron chi connectivity index (χ3n) is 1.21. The minimum Gasteiger partial charge on any atom is -0.222 e. The highest BCUT2D eigenvalue weighted by atomic mass is 35.5. The van der Waals surface area contributed by atoms with Gasteiger partial charge in [-0.15, -0.1) is 0 Å². The molecule has 1 rings (SSSR count). The van der Waals surface area contributed by atoms with Gasteiger partial charge in [0.05, 0.1) is 0 Å². The molecule has 4 heteroatoms. The van der Waals surface area contributed by atoms with Gasteiger partial charge in [-0.2, -0.15) is 5.26 Å². The topological polar surface area (TPSA) is 36.7 Å². The average molecular weight is 171 g/mol. The zero-order valence-corrected chi connectivity index (χ0v) is 6.48. The van der Waals surface area contributed by atoms with Crippen molar-refractivity contribution in [3.8, 4) is 6.07 Å². The van der Waals surface area contributed by atoms with Crippen LogP contribution in [0.5, 0.6) is 0 Å². The van der Waals surface area contributed by atoms with Gasteiger partial charge in [0, 0.05) is 0 Å². The molecule has 0 amide bonds. The highest BCUT2D eigenvalue weighted by Gasteiger charge is 2.06. The molecule has 0 aliphatic carbocycles. The number of halogens is 2. The first-order valence-electron chi connectivity index (χ1n) is 2.88. The molecular weight excluding hydrogens is 167 g/mol. The van der Waals surface area contributed by atoms with E-state index in [1.165, 1.54) is 13.0 Å². The molecule has 0 saturated carbocycles. The summed E-state index contributed by atoms with van der Waals surface area (Å²) in [4.78, 5) is 3.48. The Morgan fingerprint density at radius 3 is 2.82 bits per heavy atom. The van der Waals surface area contributed by atoms with Gasteiger partial charge in [-0.3, -0.25) is 0 Å².